The van der Waals surface area contributed by atoms with Gasteiger partial charge in [0.2, 0.25) is 5.95 Å². The van der Waals surface area contributed by atoms with Gasteiger partial charge in [0, 0.05) is 38.8 Å². The van der Waals surface area contributed by atoms with Gasteiger partial charge in [-0.2, -0.15) is 0 Å². The van der Waals surface area contributed by atoms with Crippen molar-refractivity contribution in [2.45, 2.75) is 39.0 Å². The van der Waals surface area contributed by atoms with Crippen LogP contribution in [0.4, 0.5) is 5.95 Å². The molecule has 1 saturated heterocycles. The molecule has 2 aromatic carbocycles. The number of imidazole rings is 1. The van der Waals surface area contributed by atoms with Crippen LogP contribution in [-0.2, 0) is 11.3 Å². The molecule has 1 aliphatic heterocycles. The van der Waals surface area contributed by atoms with Crippen LogP contribution in [0.2, 0.25) is 0 Å². The quantitative estimate of drug-likeness (QED) is 0.494. The Bertz CT molecular complexity index is 978. The van der Waals surface area contributed by atoms with Crippen LogP contribution in [0.1, 0.15) is 31.9 Å². The molecule has 186 valence electrons. The number of hydrogen-bond donors (Lipinski definition) is 2. The van der Waals surface area contributed by atoms with Crippen LogP contribution in [-0.4, -0.2) is 79.1 Å². The van der Waals surface area contributed by atoms with Crippen LogP contribution in [0.15, 0.2) is 54.6 Å². The third kappa shape index (κ3) is 7.03. The molecule has 0 bridgehead atoms. The maximum atomic E-state index is 9.73. The number of aromatic nitrogens is 2. The molecule has 7 nitrogen and oxygen atoms in total. The van der Waals surface area contributed by atoms with Crippen LogP contribution >= 0.6 is 0 Å². The Morgan fingerprint density at radius 2 is 1.76 bits per heavy atom. The van der Waals surface area contributed by atoms with E-state index in [2.05, 4.69) is 51.0 Å². The lowest BCUT2D eigenvalue weighted by Crippen LogP contribution is -2.31. The molecule has 0 unspecified atom stereocenters. The van der Waals surface area contributed by atoms with E-state index in [0.29, 0.717) is 0 Å². The molecule has 7 heteroatoms. The van der Waals surface area contributed by atoms with Crippen molar-refractivity contribution < 1.29 is 9.84 Å². The molecule has 2 atom stereocenters. The molecule has 0 saturated carbocycles. The van der Waals surface area contributed by atoms with E-state index in [4.69, 9.17) is 9.72 Å². The Morgan fingerprint density at radius 3 is 2.50 bits per heavy atom. The largest absolute Gasteiger partial charge is 0.387 e. The molecule has 0 amide bonds. The van der Waals surface area contributed by atoms with E-state index in [-0.39, 0.29) is 6.04 Å². The molecule has 1 aliphatic rings. The van der Waals surface area contributed by atoms with Crippen LogP contribution in [0.5, 0.6) is 0 Å². The molecule has 34 heavy (non-hydrogen) atoms. The van der Waals surface area contributed by atoms with Crippen molar-refractivity contribution in [3.63, 3.8) is 0 Å². The van der Waals surface area contributed by atoms with Crippen LogP contribution in [0.25, 0.3) is 11.0 Å². The Labute approximate surface area is 204 Å². The van der Waals surface area contributed by atoms with Gasteiger partial charge in [-0.3, -0.25) is 0 Å². The van der Waals surface area contributed by atoms with Gasteiger partial charge in [0.05, 0.1) is 23.7 Å². The molecule has 3 aromatic rings. The molecular weight excluding hydrogens is 426 g/mol. The fraction of sp³-hybridized carbons (Fsp3) is 0.519. The molecule has 2 heterocycles. The number of rotatable bonds is 8. The summed E-state index contributed by atoms with van der Waals surface area (Å²) in [5.74, 6) is 1.09. The normalized spacial score (nSPS) is 16.6. The molecule has 0 aliphatic carbocycles. The number of nitrogens with zero attached hydrogens (tertiary/aromatic N) is 4. The highest BCUT2D eigenvalue weighted by atomic mass is 16.5. The summed E-state index contributed by atoms with van der Waals surface area (Å²) in [7, 11) is 4.04. The Hall–Kier alpha value is -2.45. The molecule has 2 N–H and O–H groups in total. The number of fused-ring (bicyclic) bond motifs is 1. The number of likely N-dealkylation sites (N-methyl/N-ethyl adjacent to an activating group) is 2. The van der Waals surface area contributed by atoms with E-state index in [0.717, 1.165) is 63.0 Å². The molecule has 0 spiro atoms. The monoisotopic (exact) mass is 467 g/mol. The number of anilines is 1. The van der Waals surface area contributed by atoms with Crippen LogP contribution < -0.4 is 10.2 Å². The predicted octanol–water partition coefficient (Wildman–Crippen LogP) is 3.54. The third-order valence-corrected chi connectivity index (χ3v) is 6.37. The molecule has 1 aromatic heterocycles. The summed E-state index contributed by atoms with van der Waals surface area (Å²) < 4.78 is 7.88. The van der Waals surface area contributed by atoms with Gasteiger partial charge in [0.1, 0.15) is 0 Å². The maximum Gasteiger partial charge on any atom is 0.206 e. The molecular formula is C27H41N5O2. The van der Waals surface area contributed by atoms with Gasteiger partial charge in [0.25, 0.3) is 0 Å². The van der Waals surface area contributed by atoms with E-state index >= 15 is 0 Å². The summed E-state index contributed by atoms with van der Waals surface area (Å²) in [5.41, 5.74) is 3.24. The van der Waals surface area contributed by atoms with Crippen molar-refractivity contribution in [1.82, 2.24) is 19.8 Å². The number of para-hydroxylation sites is 2. The second-order valence-electron chi connectivity index (χ2n) is 8.83. The first-order valence-electron chi connectivity index (χ1n) is 12.4. The lowest BCUT2D eigenvalue weighted by molar-refractivity contribution is 0.140. The van der Waals surface area contributed by atoms with Gasteiger partial charge in [-0.15, -0.1) is 0 Å². The zero-order chi connectivity index (χ0) is 24.3. The van der Waals surface area contributed by atoms with Gasteiger partial charge in [0.15, 0.2) is 0 Å². The SMILES string of the molecule is CCOCCn1c(N2CCCN(C)CC2)nc2ccccc21.CN[C@@H](C)[C@@H](O)c1ccccc1. The summed E-state index contributed by atoms with van der Waals surface area (Å²) in [6.45, 7) is 10.7. The number of aliphatic hydroxyl groups excluding tert-OH is 1. The van der Waals surface area contributed by atoms with Gasteiger partial charge < -0.3 is 29.5 Å². The maximum absolute atomic E-state index is 9.73. The highest BCUT2D eigenvalue weighted by Gasteiger charge is 2.19. The zero-order valence-electron chi connectivity index (χ0n) is 21.2. The third-order valence-electron chi connectivity index (χ3n) is 6.37. The standard InChI is InChI=1S/C17H26N4O.C10H15NO/c1-3-22-14-13-21-16-8-5-4-7-15(16)18-17(21)20-10-6-9-19(2)11-12-20;1-8(11-2)10(12)9-6-4-3-5-7-9/h4-5,7-8H,3,6,9-14H2,1-2H3;3-8,10-12H,1-2H3/t;8-,10+/m.0/s1. The minimum Gasteiger partial charge on any atom is -0.387 e. The van der Waals surface area contributed by atoms with E-state index in [1.54, 1.807) is 0 Å². The lowest BCUT2D eigenvalue weighted by atomic mass is 10.0. The Morgan fingerprint density at radius 1 is 1.03 bits per heavy atom. The van der Waals surface area contributed by atoms with Gasteiger partial charge in [-0.25, -0.2) is 4.98 Å². The molecule has 0 radical (unpaired) electrons. The highest BCUT2D eigenvalue weighted by Crippen LogP contribution is 2.23. The van der Waals surface area contributed by atoms with Crippen molar-refractivity contribution in [2.75, 3.05) is 58.4 Å². The molecule has 4 rings (SSSR count). The second kappa shape index (κ2) is 13.4. The summed E-state index contributed by atoms with van der Waals surface area (Å²) >= 11 is 0. The van der Waals surface area contributed by atoms with E-state index < -0.39 is 6.10 Å². The smallest absolute Gasteiger partial charge is 0.206 e. The number of nitrogens with one attached hydrogen (secondary N) is 1. The number of ether oxygens (including phenoxy) is 1. The minimum absolute atomic E-state index is 0.0902. The van der Waals surface area contributed by atoms with E-state index in [1.807, 2.05) is 51.2 Å². The molecule has 1 fully saturated rings. The lowest BCUT2D eigenvalue weighted by Gasteiger charge is -2.23. The van der Waals surface area contributed by atoms with E-state index in [1.165, 1.54) is 11.9 Å². The number of benzene rings is 2. The highest BCUT2D eigenvalue weighted by molar-refractivity contribution is 5.78. The van der Waals surface area contributed by atoms with Crippen molar-refractivity contribution in [3.05, 3.63) is 60.2 Å². The number of hydrogen-bond acceptors (Lipinski definition) is 6. The van der Waals surface area contributed by atoms with Crippen molar-refractivity contribution in [2.24, 2.45) is 0 Å². The van der Waals surface area contributed by atoms with Gasteiger partial charge in [-0.05, 0) is 58.6 Å². The fourth-order valence-electron chi connectivity index (χ4n) is 4.17. The van der Waals surface area contributed by atoms with Crippen molar-refractivity contribution in [1.29, 1.82) is 0 Å². The Kier molecular flexibility index (Phi) is 10.3. The summed E-state index contributed by atoms with van der Waals surface area (Å²) in [6.07, 6.45) is 0.765. The fourth-order valence-corrected chi connectivity index (χ4v) is 4.17. The topological polar surface area (TPSA) is 65.8 Å². The average molecular weight is 468 g/mol. The summed E-state index contributed by atoms with van der Waals surface area (Å²) in [6, 6.07) is 18.1. The van der Waals surface area contributed by atoms with Crippen molar-refractivity contribution >= 4 is 17.0 Å². The average Bonchev–Trinajstić information content (AvgIpc) is 3.10. The minimum atomic E-state index is -0.420. The number of aliphatic hydroxyl groups is 1. The Balaban J connectivity index is 0.000000229. The van der Waals surface area contributed by atoms with Gasteiger partial charge in [-0.1, -0.05) is 42.5 Å². The second-order valence-corrected chi connectivity index (χ2v) is 8.83. The first-order valence-corrected chi connectivity index (χ1v) is 12.4. The zero-order valence-corrected chi connectivity index (χ0v) is 21.2. The summed E-state index contributed by atoms with van der Waals surface area (Å²) in [5, 5.41) is 12.7. The summed E-state index contributed by atoms with van der Waals surface area (Å²) in [4.78, 5) is 9.72. The first kappa shape index (κ1) is 26.2. The van der Waals surface area contributed by atoms with Crippen molar-refractivity contribution in [3.8, 4) is 0 Å². The predicted molar refractivity (Wildman–Crippen MR) is 140 cm³/mol. The van der Waals surface area contributed by atoms with Gasteiger partial charge >= 0.3 is 0 Å². The first-order chi connectivity index (χ1) is 16.5. The van der Waals surface area contributed by atoms with Crippen LogP contribution in [0.3, 0.4) is 0 Å². The van der Waals surface area contributed by atoms with E-state index in [9.17, 15) is 5.11 Å². The van der Waals surface area contributed by atoms with Crippen LogP contribution in [0, 0.1) is 0 Å².